The van der Waals surface area contributed by atoms with E-state index < -0.39 is 0 Å². The minimum absolute atomic E-state index is 0.0311. The van der Waals surface area contributed by atoms with Gasteiger partial charge >= 0.3 is 0 Å². The van der Waals surface area contributed by atoms with Crippen molar-refractivity contribution < 1.29 is 23.6 Å². The molecule has 1 fully saturated rings. The smallest absolute Gasteiger partial charge is 0.259 e. The highest BCUT2D eigenvalue weighted by atomic mass is 16.7. The molecule has 7 heteroatoms. The SMILES string of the molecule is CCc1noc(C)c1C(=O)N1CCC[C@@H](C(=O)c2ccc3c(c2)OCO3)C1. The van der Waals surface area contributed by atoms with E-state index in [1.54, 1.807) is 30.0 Å². The first-order valence-electron chi connectivity index (χ1n) is 9.26. The first-order chi connectivity index (χ1) is 13.1. The number of hydrogen-bond donors (Lipinski definition) is 0. The number of ether oxygens (including phenoxy) is 2. The molecule has 3 heterocycles. The van der Waals surface area contributed by atoms with Gasteiger partial charge in [0, 0.05) is 24.6 Å². The number of aryl methyl sites for hydroxylation is 2. The number of carbonyl (C=O) groups is 2. The molecule has 1 saturated heterocycles. The minimum atomic E-state index is -0.228. The molecule has 4 rings (SSSR count). The van der Waals surface area contributed by atoms with Gasteiger partial charge in [0.25, 0.3) is 5.91 Å². The van der Waals surface area contributed by atoms with Crippen molar-refractivity contribution in [1.29, 1.82) is 0 Å². The van der Waals surface area contributed by atoms with Crippen LogP contribution in [-0.4, -0.2) is 41.6 Å². The second-order valence-electron chi connectivity index (χ2n) is 6.94. The van der Waals surface area contributed by atoms with Gasteiger partial charge in [0.05, 0.1) is 5.69 Å². The predicted molar refractivity (Wildman–Crippen MR) is 96.1 cm³/mol. The zero-order valence-electron chi connectivity index (χ0n) is 15.5. The Balaban J connectivity index is 1.51. The first kappa shape index (κ1) is 17.6. The molecule has 0 radical (unpaired) electrons. The van der Waals surface area contributed by atoms with Gasteiger partial charge in [-0.1, -0.05) is 12.1 Å². The molecule has 0 spiro atoms. The lowest BCUT2D eigenvalue weighted by Crippen LogP contribution is -2.42. The molecule has 0 bridgehead atoms. The summed E-state index contributed by atoms with van der Waals surface area (Å²) in [5.74, 6) is 1.48. The summed E-state index contributed by atoms with van der Waals surface area (Å²) in [6, 6.07) is 5.25. The van der Waals surface area contributed by atoms with Gasteiger partial charge in [-0.15, -0.1) is 0 Å². The van der Waals surface area contributed by atoms with E-state index in [2.05, 4.69) is 5.16 Å². The molecule has 7 nitrogen and oxygen atoms in total. The number of carbonyl (C=O) groups excluding carboxylic acids is 2. The molecule has 1 aromatic heterocycles. The van der Waals surface area contributed by atoms with E-state index in [4.69, 9.17) is 14.0 Å². The third-order valence-corrected chi connectivity index (χ3v) is 5.22. The molecule has 2 aliphatic heterocycles. The lowest BCUT2D eigenvalue weighted by Gasteiger charge is -2.32. The highest BCUT2D eigenvalue weighted by molar-refractivity contribution is 6.00. The molecular formula is C20H22N2O5. The highest BCUT2D eigenvalue weighted by Gasteiger charge is 2.32. The van der Waals surface area contributed by atoms with Gasteiger partial charge in [-0.25, -0.2) is 0 Å². The standard InChI is InChI=1S/C20H22N2O5/c1-3-15-18(12(2)27-21-15)20(24)22-8-4-5-14(10-22)19(23)13-6-7-16-17(9-13)26-11-25-16/h6-7,9,14H,3-5,8,10-11H2,1-2H3/t14-/m1/s1. The number of Topliss-reactive ketones (excluding diaryl/α,β-unsaturated/α-hetero) is 1. The number of likely N-dealkylation sites (tertiary alicyclic amines) is 1. The molecule has 142 valence electrons. The molecule has 1 amide bonds. The van der Waals surface area contributed by atoms with Crippen LogP contribution >= 0.6 is 0 Å². The molecule has 0 unspecified atom stereocenters. The van der Waals surface area contributed by atoms with Crippen LogP contribution in [0, 0.1) is 12.8 Å². The fraction of sp³-hybridized carbons (Fsp3) is 0.450. The maximum atomic E-state index is 13.0. The maximum Gasteiger partial charge on any atom is 0.259 e. The second kappa shape index (κ2) is 7.06. The van der Waals surface area contributed by atoms with Gasteiger partial charge < -0.3 is 18.9 Å². The Morgan fingerprint density at radius 2 is 2.07 bits per heavy atom. The van der Waals surface area contributed by atoms with Crippen LogP contribution in [-0.2, 0) is 6.42 Å². The number of rotatable bonds is 4. The Kier molecular flexibility index (Phi) is 4.59. The molecule has 2 aliphatic rings. The molecular weight excluding hydrogens is 348 g/mol. The zero-order chi connectivity index (χ0) is 19.0. The number of aromatic nitrogens is 1. The number of amides is 1. The number of fused-ring (bicyclic) bond motifs is 1. The maximum absolute atomic E-state index is 13.0. The Morgan fingerprint density at radius 1 is 1.26 bits per heavy atom. The van der Waals surface area contributed by atoms with E-state index in [-0.39, 0.29) is 24.4 Å². The van der Waals surface area contributed by atoms with Crippen LogP contribution in [0.15, 0.2) is 22.7 Å². The summed E-state index contributed by atoms with van der Waals surface area (Å²) in [4.78, 5) is 27.7. The molecule has 0 N–H and O–H groups in total. The Morgan fingerprint density at radius 3 is 2.89 bits per heavy atom. The van der Waals surface area contributed by atoms with Crippen molar-refractivity contribution in [3.63, 3.8) is 0 Å². The number of benzene rings is 1. The number of hydrogen-bond acceptors (Lipinski definition) is 6. The zero-order valence-corrected chi connectivity index (χ0v) is 15.5. The van der Waals surface area contributed by atoms with E-state index in [0.29, 0.717) is 53.6 Å². The summed E-state index contributed by atoms with van der Waals surface area (Å²) < 4.78 is 15.9. The van der Waals surface area contributed by atoms with Crippen LogP contribution in [0.2, 0.25) is 0 Å². The van der Waals surface area contributed by atoms with E-state index in [0.717, 1.165) is 12.8 Å². The van der Waals surface area contributed by atoms with Crippen molar-refractivity contribution in [2.45, 2.75) is 33.1 Å². The highest BCUT2D eigenvalue weighted by Crippen LogP contribution is 2.34. The van der Waals surface area contributed by atoms with Crippen LogP contribution < -0.4 is 9.47 Å². The summed E-state index contributed by atoms with van der Waals surface area (Å²) in [6.45, 7) is 4.91. The molecule has 0 aliphatic carbocycles. The quantitative estimate of drug-likeness (QED) is 0.770. The predicted octanol–water partition coefficient (Wildman–Crippen LogP) is 3.01. The number of piperidine rings is 1. The normalized spacial score (nSPS) is 18.6. The monoisotopic (exact) mass is 370 g/mol. The minimum Gasteiger partial charge on any atom is -0.454 e. The Labute approximate surface area is 157 Å². The van der Waals surface area contributed by atoms with Crippen molar-refractivity contribution in [3.05, 3.63) is 40.8 Å². The molecule has 0 saturated carbocycles. The molecule has 27 heavy (non-hydrogen) atoms. The lowest BCUT2D eigenvalue weighted by atomic mass is 9.89. The largest absolute Gasteiger partial charge is 0.454 e. The van der Waals surface area contributed by atoms with Crippen molar-refractivity contribution in [3.8, 4) is 11.5 Å². The summed E-state index contributed by atoms with van der Waals surface area (Å²) in [7, 11) is 0. The van der Waals surface area contributed by atoms with E-state index in [1.165, 1.54) is 0 Å². The van der Waals surface area contributed by atoms with Crippen LogP contribution in [0.25, 0.3) is 0 Å². The number of nitrogens with zero attached hydrogens (tertiary/aromatic N) is 2. The summed E-state index contributed by atoms with van der Waals surface area (Å²) in [5, 5.41) is 3.97. The van der Waals surface area contributed by atoms with Crippen LogP contribution in [0.1, 0.15) is 51.9 Å². The van der Waals surface area contributed by atoms with Crippen LogP contribution in [0.3, 0.4) is 0 Å². The Bertz CT molecular complexity index is 888. The average Bonchev–Trinajstić information content (AvgIpc) is 3.32. The molecule has 1 aromatic carbocycles. The summed E-state index contributed by atoms with van der Waals surface area (Å²) in [6.07, 6.45) is 2.19. The van der Waals surface area contributed by atoms with E-state index >= 15 is 0 Å². The van der Waals surface area contributed by atoms with Crippen molar-refractivity contribution in [2.75, 3.05) is 19.9 Å². The third-order valence-electron chi connectivity index (χ3n) is 5.22. The fourth-order valence-corrected chi connectivity index (χ4v) is 3.75. The van der Waals surface area contributed by atoms with Gasteiger partial charge in [-0.2, -0.15) is 0 Å². The second-order valence-corrected chi connectivity index (χ2v) is 6.94. The van der Waals surface area contributed by atoms with Gasteiger partial charge in [0.1, 0.15) is 11.3 Å². The van der Waals surface area contributed by atoms with Crippen molar-refractivity contribution in [1.82, 2.24) is 10.1 Å². The summed E-state index contributed by atoms with van der Waals surface area (Å²) in [5.41, 5.74) is 1.80. The van der Waals surface area contributed by atoms with Crippen LogP contribution in [0.5, 0.6) is 11.5 Å². The van der Waals surface area contributed by atoms with Gasteiger partial charge in [-0.3, -0.25) is 9.59 Å². The molecule has 2 aromatic rings. The van der Waals surface area contributed by atoms with Gasteiger partial charge in [0.2, 0.25) is 6.79 Å². The van der Waals surface area contributed by atoms with Crippen molar-refractivity contribution >= 4 is 11.7 Å². The molecule has 1 atom stereocenters. The first-order valence-corrected chi connectivity index (χ1v) is 9.26. The lowest BCUT2D eigenvalue weighted by molar-refractivity contribution is 0.0634. The Hall–Kier alpha value is -2.83. The number of ketones is 1. The van der Waals surface area contributed by atoms with Crippen molar-refractivity contribution in [2.24, 2.45) is 5.92 Å². The van der Waals surface area contributed by atoms with E-state index in [9.17, 15) is 9.59 Å². The van der Waals surface area contributed by atoms with E-state index in [1.807, 2.05) is 6.92 Å². The fourth-order valence-electron chi connectivity index (χ4n) is 3.75. The van der Waals surface area contributed by atoms with Gasteiger partial charge in [-0.05, 0) is 44.4 Å². The van der Waals surface area contributed by atoms with Crippen LogP contribution in [0.4, 0.5) is 0 Å². The summed E-state index contributed by atoms with van der Waals surface area (Å²) >= 11 is 0. The van der Waals surface area contributed by atoms with Gasteiger partial charge in [0.15, 0.2) is 17.3 Å². The third kappa shape index (κ3) is 3.18. The topological polar surface area (TPSA) is 81.9 Å². The average molecular weight is 370 g/mol.